The van der Waals surface area contributed by atoms with Gasteiger partial charge in [0.15, 0.2) is 17.2 Å². The molecular weight excluding hydrogens is 651 g/mol. The molecule has 0 unspecified atom stereocenters. The summed E-state index contributed by atoms with van der Waals surface area (Å²) < 4.78 is 17.5. The van der Waals surface area contributed by atoms with Crippen molar-refractivity contribution in [2.75, 3.05) is 16.9 Å². The van der Waals surface area contributed by atoms with E-state index < -0.39 is 17.8 Å². The first-order valence-corrected chi connectivity index (χ1v) is 15.6. The Labute approximate surface area is 287 Å². The molecule has 0 saturated carbocycles. The van der Waals surface area contributed by atoms with Crippen LogP contribution < -0.4 is 24.0 Å². The van der Waals surface area contributed by atoms with Crippen LogP contribution in [0, 0.1) is 0 Å². The molecule has 0 radical (unpaired) electrons. The van der Waals surface area contributed by atoms with Crippen LogP contribution in [0.25, 0.3) is 6.08 Å². The number of carbonyl (C=O) groups excluding carboxylic acids is 3. The molecule has 1 aliphatic heterocycles. The van der Waals surface area contributed by atoms with Gasteiger partial charge in [-0.05, 0) is 71.3 Å². The summed E-state index contributed by atoms with van der Waals surface area (Å²) in [5.74, 6) is -0.205. The lowest BCUT2D eigenvalue weighted by molar-refractivity contribution is -0.121. The number of ether oxygens (including phenoxy) is 3. The third-order valence-electron chi connectivity index (χ3n) is 7.46. The Bertz CT molecular complexity index is 1920. The average Bonchev–Trinajstić information content (AvgIpc) is 3.10. The largest absolute Gasteiger partial charge is 0.493 e. The molecule has 1 saturated heterocycles. The van der Waals surface area contributed by atoms with Gasteiger partial charge >= 0.3 is 6.03 Å². The predicted molar refractivity (Wildman–Crippen MR) is 186 cm³/mol. The molecule has 6 rings (SSSR count). The lowest BCUT2D eigenvalue weighted by Gasteiger charge is -2.33. The van der Waals surface area contributed by atoms with Gasteiger partial charge in [0.1, 0.15) is 18.8 Å². The number of anilines is 2. The first kappa shape index (κ1) is 32.4. The zero-order chi connectivity index (χ0) is 33.6. The van der Waals surface area contributed by atoms with Gasteiger partial charge in [-0.3, -0.25) is 9.59 Å². The SMILES string of the molecule is COc1cc(COc2c(Cl)cc(C=C3C(=O)N(c4ccccc4)C(=O)N(c4ccccc4)C3=O)cc2Cl)ccc1OCc1ccccc1. The summed E-state index contributed by atoms with van der Waals surface area (Å²) in [5, 5.41) is 0.325. The molecule has 1 heterocycles. The maximum atomic E-state index is 13.7. The number of rotatable bonds is 10. The van der Waals surface area contributed by atoms with Crippen LogP contribution in [0.3, 0.4) is 0 Å². The fourth-order valence-electron chi connectivity index (χ4n) is 5.12. The van der Waals surface area contributed by atoms with Crippen molar-refractivity contribution in [2.45, 2.75) is 13.2 Å². The number of halogens is 2. The van der Waals surface area contributed by atoms with E-state index in [1.807, 2.05) is 36.4 Å². The van der Waals surface area contributed by atoms with Crippen molar-refractivity contribution in [3.8, 4) is 17.2 Å². The zero-order valence-electron chi connectivity index (χ0n) is 25.6. The number of hydrogen-bond acceptors (Lipinski definition) is 6. The molecule has 240 valence electrons. The van der Waals surface area contributed by atoms with Crippen molar-refractivity contribution in [3.63, 3.8) is 0 Å². The highest BCUT2D eigenvalue weighted by Crippen LogP contribution is 2.37. The van der Waals surface area contributed by atoms with Crippen molar-refractivity contribution in [3.05, 3.63) is 154 Å². The molecule has 0 N–H and O–H groups in total. The number of hydrogen-bond donors (Lipinski definition) is 0. The monoisotopic (exact) mass is 678 g/mol. The summed E-state index contributed by atoms with van der Waals surface area (Å²) in [7, 11) is 1.56. The molecule has 5 aromatic carbocycles. The van der Waals surface area contributed by atoms with E-state index >= 15 is 0 Å². The third kappa shape index (κ3) is 6.90. The molecule has 0 spiro atoms. The molecule has 8 nitrogen and oxygen atoms in total. The molecule has 4 amide bonds. The van der Waals surface area contributed by atoms with E-state index in [-0.39, 0.29) is 28.0 Å². The molecular formula is C38H28Cl2N2O6. The Morgan fingerprint density at radius 3 is 1.67 bits per heavy atom. The van der Waals surface area contributed by atoms with Crippen molar-refractivity contribution in [1.29, 1.82) is 0 Å². The van der Waals surface area contributed by atoms with E-state index in [9.17, 15) is 14.4 Å². The molecule has 0 bridgehead atoms. The van der Waals surface area contributed by atoms with E-state index in [4.69, 9.17) is 37.4 Å². The Hall–Kier alpha value is -5.57. The van der Waals surface area contributed by atoms with E-state index in [2.05, 4.69) is 0 Å². The van der Waals surface area contributed by atoms with Gasteiger partial charge in [-0.1, -0.05) is 96.0 Å². The van der Waals surface area contributed by atoms with E-state index in [0.717, 1.165) is 20.9 Å². The average molecular weight is 680 g/mol. The zero-order valence-corrected chi connectivity index (χ0v) is 27.2. The Balaban J connectivity index is 1.24. The maximum absolute atomic E-state index is 13.7. The fourth-order valence-corrected chi connectivity index (χ4v) is 5.73. The Morgan fingerprint density at radius 2 is 1.12 bits per heavy atom. The number of imide groups is 2. The highest BCUT2D eigenvalue weighted by atomic mass is 35.5. The Morgan fingerprint density at radius 1 is 0.604 bits per heavy atom. The minimum absolute atomic E-state index is 0.117. The van der Waals surface area contributed by atoms with Crippen molar-refractivity contribution >= 4 is 58.5 Å². The molecule has 0 aliphatic carbocycles. The van der Waals surface area contributed by atoms with Crippen LogP contribution in [0.4, 0.5) is 16.2 Å². The van der Waals surface area contributed by atoms with Crippen LogP contribution in [-0.4, -0.2) is 25.0 Å². The van der Waals surface area contributed by atoms with Crippen LogP contribution in [0.5, 0.6) is 17.2 Å². The number of benzene rings is 5. The van der Waals surface area contributed by atoms with Gasteiger partial charge in [0.2, 0.25) is 0 Å². The maximum Gasteiger partial charge on any atom is 0.343 e. The summed E-state index contributed by atoms with van der Waals surface area (Å²) >= 11 is 13.2. The predicted octanol–water partition coefficient (Wildman–Crippen LogP) is 8.74. The normalized spacial score (nSPS) is 13.1. The van der Waals surface area contributed by atoms with E-state index in [1.54, 1.807) is 79.9 Å². The highest BCUT2D eigenvalue weighted by molar-refractivity contribution is 6.46. The second kappa shape index (κ2) is 14.5. The van der Waals surface area contributed by atoms with Crippen molar-refractivity contribution in [1.82, 2.24) is 0 Å². The summed E-state index contributed by atoms with van der Waals surface area (Å²) in [6.45, 7) is 0.509. The Kier molecular flexibility index (Phi) is 9.75. The number of methoxy groups -OCH3 is 1. The minimum Gasteiger partial charge on any atom is -0.493 e. The molecule has 0 aromatic heterocycles. The second-order valence-corrected chi connectivity index (χ2v) is 11.5. The lowest BCUT2D eigenvalue weighted by Crippen LogP contribution is -2.57. The van der Waals surface area contributed by atoms with Crippen LogP contribution in [0.15, 0.2) is 127 Å². The van der Waals surface area contributed by atoms with Gasteiger partial charge in [-0.2, -0.15) is 0 Å². The topological polar surface area (TPSA) is 85.4 Å². The van der Waals surface area contributed by atoms with E-state index in [0.29, 0.717) is 35.0 Å². The van der Waals surface area contributed by atoms with Gasteiger partial charge in [0, 0.05) is 0 Å². The molecule has 0 atom stereocenters. The van der Waals surface area contributed by atoms with Crippen LogP contribution in [-0.2, 0) is 22.8 Å². The number of para-hydroxylation sites is 2. The molecule has 1 fully saturated rings. The van der Waals surface area contributed by atoms with Gasteiger partial charge in [0.25, 0.3) is 11.8 Å². The molecule has 48 heavy (non-hydrogen) atoms. The van der Waals surface area contributed by atoms with Crippen molar-refractivity contribution < 1.29 is 28.6 Å². The van der Waals surface area contributed by atoms with Crippen LogP contribution in [0.1, 0.15) is 16.7 Å². The summed E-state index contributed by atoms with van der Waals surface area (Å²) in [5.41, 5.74) is 2.57. The van der Waals surface area contributed by atoms with Gasteiger partial charge in [0.05, 0.1) is 28.5 Å². The first-order valence-electron chi connectivity index (χ1n) is 14.8. The summed E-state index contributed by atoms with van der Waals surface area (Å²) in [4.78, 5) is 42.9. The third-order valence-corrected chi connectivity index (χ3v) is 8.02. The molecule has 5 aromatic rings. The smallest absolute Gasteiger partial charge is 0.343 e. The van der Waals surface area contributed by atoms with Gasteiger partial charge in [-0.15, -0.1) is 0 Å². The van der Waals surface area contributed by atoms with E-state index in [1.165, 1.54) is 18.2 Å². The lowest BCUT2D eigenvalue weighted by atomic mass is 10.0. The molecule has 1 aliphatic rings. The summed E-state index contributed by atoms with van der Waals surface area (Å²) in [6, 6.07) is 34.4. The second-order valence-electron chi connectivity index (χ2n) is 10.7. The fraction of sp³-hybridized carbons (Fsp3) is 0.0789. The minimum atomic E-state index is -0.785. The van der Waals surface area contributed by atoms with Crippen LogP contribution in [0.2, 0.25) is 10.0 Å². The number of barbiturate groups is 1. The standard InChI is InChI=1S/C38H28Cl2N2O6/c1-46-34-22-26(17-18-33(34)47-23-25-11-5-2-6-12-25)24-48-35-31(39)20-27(21-32(35)40)19-30-36(43)41(28-13-7-3-8-14-28)38(45)42(37(30)44)29-15-9-4-10-16-29/h2-22H,23-24H2,1H3. The van der Waals surface area contributed by atoms with Crippen LogP contribution >= 0.6 is 23.2 Å². The number of carbonyl (C=O) groups is 3. The van der Waals surface area contributed by atoms with Gasteiger partial charge in [-0.25, -0.2) is 14.6 Å². The number of nitrogens with zero attached hydrogens (tertiary/aromatic N) is 2. The first-order chi connectivity index (χ1) is 23.3. The summed E-state index contributed by atoms with van der Waals surface area (Å²) in [6.07, 6.45) is 1.36. The number of urea groups is 1. The van der Waals surface area contributed by atoms with Crippen molar-refractivity contribution in [2.24, 2.45) is 0 Å². The highest BCUT2D eigenvalue weighted by Gasteiger charge is 2.43. The van der Waals surface area contributed by atoms with Gasteiger partial charge < -0.3 is 14.2 Å². The number of amides is 4. The quantitative estimate of drug-likeness (QED) is 0.108. The molecule has 10 heteroatoms.